The van der Waals surface area contributed by atoms with Crippen molar-refractivity contribution in [3.8, 4) is 17.2 Å². The maximum atomic E-state index is 12.1. The summed E-state index contributed by atoms with van der Waals surface area (Å²) in [5.41, 5.74) is 4.11. The molecule has 1 atom stereocenters. The SMILES string of the molecule is CCOC(=O)[C@H](Cc1ccc(OCC=Cc2cc(OCc3ccccc3)cc(OCc3ccccc3)c2)cc1)OCC. The molecule has 0 saturated carbocycles. The Morgan fingerprint density at radius 1 is 0.667 bits per heavy atom. The Labute approximate surface area is 248 Å². The van der Waals surface area contributed by atoms with Crippen molar-refractivity contribution in [3.63, 3.8) is 0 Å². The fourth-order valence-electron chi connectivity index (χ4n) is 4.25. The Morgan fingerprint density at radius 2 is 1.26 bits per heavy atom. The molecule has 4 aromatic carbocycles. The van der Waals surface area contributed by atoms with E-state index in [4.69, 9.17) is 23.7 Å². The molecule has 42 heavy (non-hydrogen) atoms. The minimum Gasteiger partial charge on any atom is -0.490 e. The van der Waals surface area contributed by atoms with Gasteiger partial charge in [-0.1, -0.05) is 78.9 Å². The van der Waals surface area contributed by atoms with Gasteiger partial charge in [0.25, 0.3) is 0 Å². The molecule has 0 spiro atoms. The number of esters is 1. The highest BCUT2D eigenvalue weighted by Crippen LogP contribution is 2.26. The quantitative estimate of drug-likeness (QED) is 0.131. The van der Waals surface area contributed by atoms with Crippen LogP contribution in [0.2, 0.25) is 0 Å². The zero-order valence-electron chi connectivity index (χ0n) is 24.2. The second-order valence-corrected chi connectivity index (χ2v) is 9.54. The van der Waals surface area contributed by atoms with Crippen molar-refractivity contribution in [2.24, 2.45) is 0 Å². The zero-order chi connectivity index (χ0) is 29.4. The summed E-state index contributed by atoms with van der Waals surface area (Å²) in [5.74, 6) is 1.86. The average Bonchev–Trinajstić information content (AvgIpc) is 3.03. The molecule has 6 nitrogen and oxygen atoms in total. The van der Waals surface area contributed by atoms with E-state index in [2.05, 4.69) is 0 Å². The highest BCUT2D eigenvalue weighted by molar-refractivity contribution is 5.75. The van der Waals surface area contributed by atoms with Gasteiger partial charge in [-0.15, -0.1) is 0 Å². The number of carbonyl (C=O) groups is 1. The minimum atomic E-state index is -0.612. The number of hydrogen-bond acceptors (Lipinski definition) is 6. The van der Waals surface area contributed by atoms with Crippen molar-refractivity contribution >= 4 is 12.0 Å². The van der Waals surface area contributed by atoms with Crippen LogP contribution in [0.3, 0.4) is 0 Å². The molecule has 0 fully saturated rings. The zero-order valence-corrected chi connectivity index (χ0v) is 24.2. The van der Waals surface area contributed by atoms with E-state index >= 15 is 0 Å². The monoisotopic (exact) mass is 566 g/mol. The normalized spacial score (nSPS) is 11.7. The smallest absolute Gasteiger partial charge is 0.335 e. The van der Waals surface area contributed by atoms with Crippen LogP contribution in [0.25, 0.3) is 6.08 Å². The van der Waals surface area contributed by atoms with Crippen LogP contribution in [0.15, 0.2) is 109 Å². The van der Waals surface area contributed by atoms with E-state index in [-0.39, 0.29) is 5.97 Å². The summed E-state index contributed by atoms with van der Waals surface area (Å²) in [6.45, 7) is 5.75. The van der Waals surface area contributed by atoms with Crippen LogP contribution in [-0.2, 0) is 33.9 Å². The summed E-state index contributed by atoms with van der Waals surface area (Å²) in [5, 5.41) is 0. The van der Waals surface area contributed by atoms with Crippen molar-refractivity contribution in [3.05, 3.63) is 131 Å². The molecule has 0 unspecified atom stereocenters. The third-order valence-electron chi connectivity index (χ3n) is 6.32. The van der Waals surface area contributed by atoms with Gasteiger partial charge in [-0.05, 0) is 66.4 Å². The van der Waals surface area contributed by atoms with Crippen LogP contribution in [0, 0.1) is 0 Å². The van der Waals surface area contributed by atoms with E-state index in [9.17, 15) is 4.79 Å². The van der Waals surface area contributed by atoms with Gasteiger partial charge in [0.2, 0.25) is 0 Å². The minimum absolute atomic E-state index is 0.329. The Kier molecular flexibility index (Phi) is 12.1. The predicted molar refractivity (Wildman–Crippen MR) is 165 cm³/mol. The van der Waals surface area contributed by atoms with Crippen molar-refractivity contribution in [1.82, 2.24) is 0 Å². The molecule has 4 aromatic rings. The molecule has 0 radical (unpaired) electrons. The van der Waals surface area contributed by atoms with Gasteiger partial charge in [0, 0.05) is 19.1 Å². The Balaban J connectivity index is 1.36. The van der Waals surface area contributed by atoms with Crippen LogP contribution in [0.4, 0.5) is 0 Å². The average molecular weight is 567 g/mol. The predicted octanol–water partition coefficient (Wildman–Crippen LogP) is 7.45. The molecule has 218 valence electrons. The Morgan fingerprint density at radius 3 is 1.81 bits per heavy atom. The third-order valence-corrected chi connectivity index (χ3v) is 6.32. The highest BCUT2D eigenvalue weighted by Gasteiger charge is 2.20. The first-order chi connectivity index (χ1) is 20.6. The third kappa shape index (κ3) is 10.1. The number of carbonyl (C=O) groups excluding carboxylic acids is 1. The fourth-order valence-corrected chi connectivity index (χ4v) is 4.25. The first-order valence-corrected chi connectivity index (χ1v) is 14.3. The first-order valence-electron chi connectivity index (χ1n) is 14.3. The molecule has 0 aliphatic rings. The van der Waals surface area contributed by atoms with E-state index in [1.807, 2.05) is 122 Å². The van der Waals surface area contributed by atoms with Crippen LogP contribution in [-0.4, -0.2) is 31.9 Å². The maximum Gasteiger partial charge on any atom is 0.335 e. The standard InChI is InChI=1S/C36H38O6/c1-3-38-35(36(37)39-4-2)24-28-17-19-32(20-18-28)40-21-11-16-31-22-33(41-26-29-12-7-5-8-13-29)25-34(23-31)42-27-30-14-9-6-10-15-30/h5-20,22-23,25,35H,3-4,21,24,26-27H2,1-2H3/t35-/m0/s1. The molecule has 6 heteroatoms. The fraction of sp³-hybridized carbons (Fsp3) is 0.250. The molecule has 0 aliphatic heterocycles. The number of rotatable bonds is 16. The molecular formula is C36H38O6. The second kappa shape index (κ2) is 16.7. The first kappa shape index (κ1) is 30.4. The lowest BCUT2D eigenvalue weighted by Gasteiger charge is -2.15. The lowest BCUT2D eigenvalue weighted by molar-refractivity contribution is -0.156. The van der Waals surface area contributed by atoms with Gasteiger partial charge in [0.15, 0.2) is 6.10 Å². The molecule has 0 aromatic heterocycles. The van der Waals surface area contributed by atoms with Crippen molar-refractivity contribution in [2.75, 3.05) is 19.8 Å². The van der Waals surface area contributed by atoms with Gasteiger partial charge in [-0.25, -0.2) is 4.79 Å². The lowest BCUT2D eigenvalue weighted by atomic mass is 10.1. The summed E-state index contributed by atoms with van der Waals surface area (Å²) < 4.78 is 28.8. The van der Waals surface area contributed by atoms with Gasteiger partial charge >= 0.3 is 5.97 Å². The van der Waals surface area contributed by atoms with Crippen LogP contribution in [0.5, 0.6) is 17.2 Å². The van der Waals surface area contributed by atoms with Crippen LogP contribution in [0.1, 0.15) is 36.1 Å². The van der Waals surface area contributed by atoms with Crippen molar-refractivity contribution < 1.29 is 28.5 Å². The summed E-state index contributed by atoms with van der Waals surface area (Å²) in [4.78, 5) is 12.1. The van der Waals surface area contributed by atoms with Gasteiger partial charge in [0.05, 0.1) is 6.61 Å². The second-order valence-electron chi connectivity index (χ2n) is 9.54. The van der Waals surface area contributed by atoms with Crippen molar-refractivity contribution in [1.29, 1.82) is 0 Å². The molecule has 0 saturated heterocycles. The largest absolute Gasteiger partial charge is 0.490 e. The van der Waals surface area contributed by atoms with Gasteiger partial charge in [-0.3, -0.25) is 0 Å². The van der Waals surface area contributed by atoms with Gasteiger partial charge < -0.3 is 23.7 Å². The van der Waals surface area contributed by atoms with E-state index < -0.39 is 6.10 Å². The topological polar surface area (TPSA) is 63.2 Å². The van der Waals surface area contributed by atoms with Crippen LogP contribution >= 0.6 is 0 Å². The van der Waals surface area contributed by atoms with Crippen molar-refractivity contribution in [2.45, 2.75) is 39.6 Å². The van der Waals surface area contributed by atoms with E-state index in [1.54, 1.807) is 6.92 Å². The molecule has 4 rings (SSSR count). The maximum absolute atomic E-state index is 12.1. The van der Waals surface area contributed by atoms with Crippen LogP contribution < -0.4 is 14.2 Å². The summed E-state index contributed by atoms with van der Waals surface area (Å²) in [7, 11) is 0. The Hall–Kier alpha value is -4.55. The summed E-state index contributed by atoms with van der Waals surface area (Å²) in [6.07, 6.45) is 3.78. The number of hydrogen-bond donors (Lipinski definition) is 0. The Bertz CT molecular complexity index is 1320. The van der Waals surface area contributed by atoms with E-state index in [0.717, 1.165) is 39.5 Å². The van der Waals surface area contributed by atoms with E-state index in [1.165, 1.54) is 0 Å². The molecular weight excluding hydrogens is 528 g/mol. The van der Waals surface area contributed by atoms with Gasteiger partial charge in [0.1, 0.15) is 37.1 Å². The molecule has 0 N–H and O–H groups in total. The number of ether oxygens (including phenoxy) is 5. The van der Waals surface area contributed by atoms with Gasteiger partial charge in [-0.2, -0.15) is 0 Å². The molecule has 0 heterocycles. The molecule has 0 aliphatic carbocycles. The lowest BCUT2D eigenvalue weighted by Crippen LogP contribution is -2.28. The molecule has 0 amide bonds. The highest BCUT2D eigenvalue weighted by atomic mass is 16.6. The summed E-state index contributed by atoms with van der Waals surface area (Å²) in [6, 6.07) is 33.7. The number of benzene rings is 4. The van der Waals surface area contributed by atoms with E-state index in [0.29, 0.717) is 39.5 Å². The summed E-state index contributed by atoms with van der Waals surface area (Å²) >= 11 is 0. The molecule has 0 bridgehead atoms.